The zero-order valence-electron chi connectivity index (χ0n) is 19.6. The fourth-order valence-electron chi connectivity index (χ4n) is 3.45. The molecule has 0 bridgehead atoms. The second-order valence-electron chi connectivity index (χ2n) is 7.80. The molecule has 3 aromatic carbocycles. The van der Waals surface area contributed by atoms with E-state index in [4.69, 9.17) is 4.74 Å². The standard InChI is InChI=1S/C26H25N5O3S/c1-17-7-6-8-19(15-17)24-29-30-26(31(24)2)35-16-23(32)27-20-13-11-18(12-14-20)25(33)28-21-9-4-5-10-22(21)34-3/h4-15H,16H2,1-3H3,(H,27,32)(H,28,33). The molecule has 0 saturated heterocycles. The maximum absolute atomic E-state index is 12.6. The zero-order valence-corrected chi connectivity index (χ0v) is 20.4. The Kier molecular flexibility index (Phi) is 7.47. The van der Waals surface area contributed by atoms with E-state index in [-0.39, 0.29) is 17.6 Å². The molecule has 4 aromatic rings. The molecule has 1 heterocycles. The predicted octanol–water partition coefficient (Wildman–Crippen LogP) is 4.78. The summed E-state index contributed by atoms with van der Waals surface area (Å²) < 4.78 is 7.14. The van der Waals surface area contributed by atoms with Crippen LogP contribution in [-0.2, 0) is 11.8 Å². The van der Waals surface area contributed by atoms with E-state index in [1.54, 1.807) is 43.5 Å². The summed E-state index contributed by atoms with van der Waals surface area (Å²) >= 11 is 1.31. The van der Waals surface area contributed by atoms with E-state index in [0.29, 0.717) is 27.8 Å². The van der Waals surface area contributed by atoms with Crippen LogP contribution in [0.5, 0.6) is 5.75 Å². The molecule has 0 radical (unpaired) electrons. The number of nitrogens with zero attached hydrogens (tertiary/aromatic N) is 3. The van der Waals surface area contributed by atoms with Crippen molar-refractivity contribution >= 4 is 35.0 Å². The van der Waals surface area contributed by atoms with Gasteiger partial charge in [0.2, 0.25) is 5.91 Å². The Morgan fingerprint density at radius 3 is 2.49 bits per heavy atom. The first kappa shape index (κ1) is 24.0. The summed E-state index contributed by atoms with van der Waals surface area (Å²) in [5.74, 6) is 1.06. The van der Waals surface area contributed by atoms with Gasteiger partial charge >= 0.3 is 0 Å². The molecule has 9 heteroatoms. The molecule has 0 aliphatic heterocycles. The molecule has 0 saturated carbocycles. The van der Waals surface area contributed by atoms with Gasteiger partial charge in [-0.1, -0.05) is 47.7 Å². The van der Waals surface area contributed by atoms with Gasteiger partial charge in [0, 0.05) is 23.9 Å². The van der Waals surface area contributed by atoms with E-state index in [1.165, 1.54) is 11.8 Å². The molecule has 0 fully saturated rings. The third kappa shape index (κ3) is 5.88. The Labute approximate surface area is 207 Å². The molecule has 0 aliphatic rings. The molecule has 8 nitrogen and oxygen atoms in total. The summed E-state index contributed by atoms with van der Waals surface area (Å²) in [4.78, 5) is 25.0. The predicted molar refractivity (Wildman–Crippen MR) is 138 cm³/mol. The number of amides is 2. The number of carbonyl (C=O) groups is 2. The normalized spacial score (nSPS) is 10.6. The third-order valence-electron chi connectivity index (χ3n) is 5.23. The average Bonchev–Trinajstić information content (AvgIpc) is 3.23. The van der Waals surface area contributed by atoms with Crippen molar-refractivity contribution in [1.29, 1.82) is 0 Å². The molecular weight excluding hydrogens is 462 g/mol. The van der Waals surface area contributed by atoms with Gasteiger partial charge in [0.1, 0.15) is 5.75 Å². The van der Waals surface area contributed by atoms with Crippen LogP contribution < -0.4 is 15.4 Å². The number of anilines is 2. The number of ether oxygens (including phenoxy) is 1. The summed E-state index contributed by atoms with van der Waals surface area (Å²) in [7, 11) is 3.43. The Bertz CT molecular complexity index is 1350. The number of rotatable bonds is 8. The lowest BCUT2D eigenvalue weighted by atomic mass is 10.1. The number of aromatic nitrogens is 3. The van der Waals surface area contributed by atoms with E-state index in [2.05, 4.69) is 20.8 Å². The zero-order chi connectivity index (χ0) is 24.8. The minimum Gasteiger partial charge on any atom is -0.495 e. The SMILES string of the molecule is COc1ccccc1NC(=O)c1ccc(NC(=O)CSc2nnc(-c3cccc(C)c3)n2C)cc1. The van der Waals surface area contributed by atoms with E-state index in [1.807, 2.05) is 54.9 Å². The maximum atomic E-state index is 12.6. The number of hydrogen-bond donors (Lipinski definition) is 2. The van der Waals surface area contributed by atoms with Crippen molar-refractivity contribution in [3.05, 3.63) is 83.9 Å². The quantitative estimate of drug-likeness (QED) is 0.347. The van der Waals surface area contributed by atoms with E-state index in [9.17, 15) is 9.59 Å². The number of methoxy groups -OCH3 is 1. The minimum atomic E-state index is -0.269. The molecule has 2 amide bonds. The minimum absolute atomic E-state index is 0.176. The fraction of sp³-hybridized carbons (Fsp3) is 0.154. The van der Waals surface area contributed by atoms with Gasteiger partial charge in [-0.25, -0.2) is 0 Å². The van der Waals surface area contributed by atoms with Gasteiger partial charge in [0.15, 0.2) is 11.0 Å². The average molecular weight is 488 g/mol. The van der Waals surface area contributed by atoms with E-state index < -0.39 is 0 Å². The fourth-order valence-corrected chi connectivity index (χ4v) is 4.16. The van der Waals surface area contributed by atoms with Crippen LogP contribution in [0, 0.1) is 6.92 Å². The van der Waals surface area contributed by atoms with E-state index in [0.717, 1.165) is 17.0 Å². The monoisotopic (exact) mass is 487 g/mol. The Morgan fingerprint density at radius 2 is 1.74 bits per heavy atom. The highest BCUT2D eigenvalue weighted by Gasteiger charge is 2.14. The lowest BCUT2D eigenvalue weighted by Crippen LogP contribution is -2.15. The van der Waals surface area contributed by atoms with Crippen LogP contribution in [0.2, 0.25) is 0 Å². The molecule has 35 heavy (non-hydrogen) atoms. The number of nitrogens with one attached hydrogen (secondary N) is 2. The van der Waals surface area contributed by atoms with Crippen molar-refractivity contribution in [2.75, 3.05) is 23.5 Å². The highest BCUT2D eigenvalue weighted by Crippen LogP contribution is 2.25. The molecule has 178 valence electrons. The van der Waals surface area contributed by atoms with Gasteiger partial charge in [-0.3, -0.25) is 9.59 Å². The van der Waals surface area contributed by atoms with Crippen molar-refractivity contribution in [3.8, 4) is 17.1 Å². The van der Waals surface area contributed by atoms with Gasteiger partial charge in [0.05, 0.1) is 18.6 Å². The molecule has 0 aliphatic carbocycles. The van der Waals surface area contributed by atoms with Gasteiger partial charge in [0.25, 0.3) is 5.91 Å². The number of thioether (sulfide) groups is 1. The van der Waals surface area contributed by atoms with Gasteiger partial charge < -0.3 is 19.9 Å². The first-order chi connectivity index (χ1) is 16.9. The van der Waals surface area contributed by atoms with Crippen molar-refractivity contribution in [1.82, 2.24) is 14.8 Å². The molecular formula is C26H25N5O3S. The second-order valence-corrected chi connectivity index (χ2v) is 8.75. The van der Waals surface area contributed by atoms with Crippen LogP contribution >= 0.6 is 11.8 Å². The van der Waals surface area contributed by atoms with Crippen LogP contribution in [0.15, 0.2) is 78.0 Å². The van der Waals surface area contributed by atoms with E-state index >= 15 is 0 Å². The van der Waals surface area contributed by atoms with Crippen molar-refractivity contribution < 1.29 is 14.3 Å². The molecule has 4 rings (SSSR count). The molecule has 0 unspecified atom stereocenters. The molecule has 2 N–H and O–H groups in total. The van der Waals surface area contributed by atoms with Crippen LogP contribution in [-0.4, -0.2) is 39.4 Å². The van der Waals surface area contributed by atoms with Crippen LogP contribution in [0.4, 0.5) is 11.4 Å². The molecule has 0 spiro atoms. The largest absolute Gasteiger partial charge is 0.495 e. The topological polar surface area (TPSA) is 98.1 Å². The number of hydrogen-bond acceptors (Lipinski definition) is 6. The number of benzene rings is 3. The van der Waals surface area contributed by atoms with Crippen molar-refractivity contribution in [3.63, 3.8) is 0 Å². The summed E-state index contributed by atoms with van der Waals surface area (Å²) in [5.41, 5.74) is 3.77. The highest BCUT2D eigenvalue weighted by molar-refractivity contribution is 7.99. The first-order valence-electron chi connectivity index (χ1n) is 10.9. The van der Waals surface area contributed by atoms with Crippen molar-refractivity contribution in [2.45, 2.75) is 12.1 Å². The lowest BCUT2D eigenvalue weighted by Gasteiger charge is -2.10. The summed E-state index contributed by atoms with van der Waals surface area (Å²) in [6, 6.07) is 21.9. The number of para-hydroxylation sites is 2. The number of carbonyl (C=O) groups excluding carboxylic acids is 2. The highest BCUT2D eigenvalue weighted by atomic mass is 32.2. The van der Waals surface area contributed by atoms with Crippen molar-refractivity contribution in [2.24, 2.45) is 7.05 Å². The molecule has 0 atom stereocenters. The lowest BCUT2D eigenvalue weighted by molar-refractivity contribution is -0.113. The Morgan fingerprint density at radius 1 is 0.971 bits per heavy atom. The van der Waals surface area contributed by atoms with Gasteiger partial charge in [-0.05, 0) is 49.4 Å². The maximum Gasteiger partial charge on any atom is 0.255 e. The van der Waals surface area contributed by atoms with Crippen LogP contribution in [0.25, 0.3) is 11.4 Å². The van der Waals surface area contributed by atoms with Gasteiger partial charge in [-0.15, -0.1) is 10.2 Å². The van der Waals surface area contributed by atoms with Crippen LogP contribution in [0.3, 0.4) is 0 Å². The van der Waals surface area contributed by atoms with Gasteiger partial charge in [-0.2, -0.15) is 0 Å². The molecule has 1 aromatic heterocycles. The number of aryl methyl sites for hydroxylation is 1. The second kappa shape index (κ2) is 10.9. The third-order valence-corrected chi connectivity index (χ3v) is 6.25. The van der Waals surface area contributed by atoms with Crippen LogP contribution in [0.1, 0.15) is 15.9 Å². The summed E-state index contributed by atoms with van der Waals surface area (Å²) in [6.07, 6.45) is 0. The first-order valence-corrected chi connectivity index (χ1v) is 11.9. The summed E-state index contributed by atoms with van der Waals surface area (Å²) in [5, 5.41) is 14.8. The Hall–Kier alpha value is -4.11. The Balaban J connectivity index is 1.32. The summed E-state index contributed by atoms with van der Waals surface area (Å²) in [6.45, 7) is 2.03. The smallest absolute Gasteiger partial charge is 0.255 e.